The highest BCUT2D eigenvalue weighted by Gasteiger charge is 2.23. The zero-order valence-corrected chi connectivity index (χ0v) is 9.39. The van der Waals surface area contributed by atoms with Crippen molar-refractivity contribution in [3.05, 3.63) is 29.8 Å². The van der Waals surface area contributed by atoms with E-state index in [2.05, 4.69) is 6.07 Å². The number of epoxide rings is 1. The number of rotatable bonds is 7. The lowest BCUT2D eigenvalue weighted by Crippen LogP contribution is -2.05. The SMILES string of the molecule is OCCCCc1ccccc1OCC1CO1. The third-order valence-electron chi connectivity index (χ3n) is 2.65. The minimum atomic E-state index is 0.263. The fraction of sp³-hybridized carbons (Fsp3) is 0.538. The molecule has 1 aromatic rings. The summed E-state index contributed by atoms with van der Waals surface area (Å²) in [6.45, 7) is 1.74. The van der Waals surface area contributed by atoms with Gasteiger partial charge in [0.2, 0.25) is 0 Å². The van der Waals surface area contributed by atoms with Gasteiger partial charge in [-0.1, -0.05) is 18.2 Å². The van der Waals surface area contributed by atoms with E-state index in [1.807, 2.05) is 18.2 Å². The van der Waals surface area contributed by atoms with Gasteiger partial charge >= 0.3 is 0 Å². The lowest BCUT2D eigenvalue weighted by Gasteiger charge is -2.10. The van der Waals surface area contributed by atoms with E-state index in [4.69, 9.17) is 14.6 Å². The predicted molar refractivity (Wildman–Crippen MR) is 61.7 cm³/mol. The van der Waals surface area contributed by atoms with Crippen molar-refractivity contribution in [1.29, 1.82) is 0 Å². The topological polar surface area (TPSA) is 42.0 Å². The molecule has 2 rings (SSSR count). The summed E-state index contributed by atoms with van der Waals surface area (Å²) >= 11 is 0. The van der Waals surface area contributed by atoms with Crippen LogP contribution in [0.25, 0.3) is 0 Å². The Morgan fingerprint density at radius 3 is 2.88 bits per heavy atom. The maximum absolute atomic E-state index is 8.75. The van der Waals surface area contributed by atoms with E-state index in [-0.39, 0.29) is 6.61 Å². The Morgan fingerprint density at radius 2 is 2.12 bits per heavy atom. The predicted octanol–water partition coefficient (Wildman–Crippen LogP) is 1.78. The molecule has 1 N–H and O–H groups in total. The van der Waals surface area contributed by atoms with E-state index >= 15 is 0 Å². The van der Waals surface area contributed by atoms with Crippen molar-refractivity contribution in [2.24, 2.45) is 0 Å². The van der Waals surface area contributed by atoms with E-state index in [0.717, 1.165) is 31.6 Å². The molecule has 1 atom stereocenters. The number of aliphatic hydroxyl groups is 1. The first-order valence-electron chi connectivity index (χ1n) is 5.83. The summed E-state index contributed by atoms with van der Waals surface area (Å²) < 4.78 is 10.8. The molecule has 0 saturated carbocycles. The Hall–Kier alpha value is -1.06. The van der Waals surface area contributed by atoms with E-state index in [1.54, 1.807) is 0 Å². The van der Waals surface area contributed by atoms with E-state index in [9.17, 15) is 0 Å². The van der Waals surface area contributed by atoms with Gasteiger partial charge in [-0.15, -0.1) is 0 Å². The number of aryl methyl sites for hydroxylation is 1. The molecule has 1 heterocycles. The molecule has 1 aliphatic rings. The standard InChI is InChI=1S/C13H18O3/c14-8-4-3-6-11-5-1-2-7-13(11)16-10-12-9-15-12/h1-2,5,7,12,14H,3-4,6,8-10H2. The number of hydrogen-bond acceptors (Lipinski definition) is 3. The second-order valence-corrected chi connectivity index (χ2v) is 4.05. The van der Waals surface area contributed by atoms with Gasteiger partial charge in [-0.2, -0.15) is 0 Å². The van der Waals surface area contributed by atoms with Crippen LogP contribution in [-0.2, 0) is 11.2 Å². The molecule has 1 fully saturated rings. The van der Waals surface area contributed by atoms with E-state index < -0.39 is 0 Å². The summed E-state index contributed by atoms with van der Waals surface area (Å²) in [6, 6.07) is 8.09. The van der Waals surface area contributed by atoms with E-state index in [1.165, 1.54) is 5.56 Å². The zero-order chi connectivity index (χ0) is 11.2. The Morgan fingerprint density at radius 1 is 1.31 bits per heavy atom. The normalized spacial score (nSPS) is 18.4. The van der Waals surface area contributed by atoms with Crippen LogP contribution in [-0.4, -0.2) is 31.0 Å². The quantitative estimate of drug-likeness (QED) is 0.565. The van der Waals surface area contributed by atoms with Crippen LogP contribution in [0.4, 0.5) is 0 Å². The monoisotopic (exact) mass is 222 g/mol. The lowest BCUT2D eigenvalue weighted by molar-refractivity contribution is 0.260. The van der Waals surface area contributed by atoms with Gasteiger partial charge in [0.1, 0.15) is 18.5 Å². The van der Waals surface area contributed by atoms with Gasteiger partial charge in [0.05, 0.1) is 6.61 Å². The summed E-state index contributed by atoms with van der Waals surface area (Å²) in [7, 11) is 0. The van der Waals surface area contributed by atoms with Crippen molar-refractivity contribution >= 4 is 0 Å². The van der Waals surface area contributed by atoms with Crippen molar-refractivity contribution in [3.8, 4) is 5.75 Å². The molecule has 0 bridgehead atoms. The van der Waals surface area contributed by atoms with Crippen LogP contribution >= 0.6 is 0 Å². The molecule has 88 valence electrons. The minimum Gasteiger partial charge on any atom is -0.491 e. The van der Waals surface area contributed by atoms with E-state index in [0.29, 0.717) is 12.7 Å². The zero-order valence-electron chi connectivity index (χ0n) is 9.39. The first-order chi connectivity index (χ1) is 7.90. The smallest absolute Gasteiger partial charge is 0.122 e. The molecule has 1 aliphatic heterocycles. The summed E-state index contributed by atoms with van der Waals surface area (Å²) in [4.78, 5) is 0. The third-order valence-corrected chi connectivity index (χ3v) is 2.65. The third kappa shape index (κ3) is 3.51. The number of ether oxygens (including phenoxy) is 2. The molecule has 0 spiro atoms. The molecule has 0 aromatic heterocycles. The Labute approximate surface area is 96.0 Å². The summed E-state index contributed by atoms with van der Waals surface area (Å²) in [5.74, 6) is 0.955. The summed E-state index contributed by atoms with van der Waals surface area (Å²) in [6.07, 6.45) is 3.10. The molecular weight excluding hydrogens is 204 g/mol. The molecule has 0 amide bonds. The molecule has 3 heteroatoms. The van der Waals surface area contributed by atoms with Crippen molar-refractivity contribution in [1.82, 2.24) is 0 Å². The molecule has 1 unspecified atom stereocenters. The summed E-state index contributed by atoms with van der Waals surface area (Å²) in [5.41, 5.74) is 1.22. The van der Waals surface area contributed by atoms with Crippen LogP contribution in [0.15, 0.2) is 24.3 Å². The maximum Gasteiger partial charge on any atom is 0.122 e. The average Bonchev–Trinajstić information content (AvgIpc) is 3.12. The van der Waals surface area contributed by atoms with Gasteiger partial charge in [-0.05, 0) is 30.9 Å². The second-order valence-electron chi connectivity index (χ2n) is 4.05. The maximum atomic E-state index is 8.75. The molecular formula is C13H18O3. The van der Waals surface area contributed by atoms with Crippen molar-refractivity contribution in [2.75, 3.05) is 19.8 Å². The number of aliphatic hydroxyl groups excluding tert-OH is 1. The molecule has 0 radical (unpaired) electrons. The van der Waals surface area contributed by atoms with Crippen LogP contribution in [0.2, 0.25) is 0 Å². The van der Waals surface area contributed by atoms with Gasteiger partial charge in [0, 0.05) is 6.61 Å². The molecule has 3 nitrogen and oxygen atoms in total. The first kappa shape index (κ1) is 11.4. The highest BCUT2D eigenvalue weighted by Crippen LogP contribution is 2.21. The molecule has 0 aliphatic carbocycles. The van der Waals surface area contributed by atoms with Gasteiger partial charge in [-0.3, -0.25) is 0 Å². The Balaban J connectivity index is 1.87. The highest BCUT2D eigenvalue weighted by atomic mass is 16.6. The number of hydrogen-bond donors (Lipinski definition) is 1. The Kier molecular flexibility index (Phi) is 4.19. The van der Waals surface area contributed by atoms with Gasteiger partial charge in [-0.25, -0.2) is 0 Å². The van der Waals surface area contributed by atoms with Crippen molar-refractivity contribution in [3.63, 3.8) is 0 Å². The molecule has 1 saturated heterocycles. The van der Waals surface area contributed by atoms with Crippen molar-refractivity contribution < 1.29 is 14.6 Å². The summed E-state index contributed by atoms with van der Waals surface area (Å²) in [5, 5.41) is 8.75. The average molecular weight is 222 g/mol. The van der Waals surface area contributed by atoms with Crippen LogP contribution in [0, 0.1) is 0 Å². The fourth-order valence-electron chi connectivity index (χ4n) is 1.63. The largest absolute Gasteiger partial charge is 0.491 e. The lowest BCUT2D eigenvalue weighted by atomic mass is 10.1. The van der Waals surface area contributed by atoms with Gasteiger partial charge in [0.25, 0.3) is 0 Å². The minimum absolute atomic E-state index is 0.263. The number of unbranched alkanes of at least 4 members (excludes halogenated alkanes) is 1. The van der Waals surface area contributed by atoms with Crippen LogP contribution < -0.4 is 4.74 Å². The van der Waals surface area contributed by atoms with Crippen LogP contribution in [0.1, 0.15) is 18.4 Å². The number of para-hydroxylation sites is 1. The van der Waals surface area contributed by atoms with Gasteiger partial charge in [0.15, 0.2) is 0 Å². The second kappa shape index (κ2) is 5.87. The first-order valence-corrected chi connectivity index (χ1v) is 5.83. The molecule has 1 aromatic carbocycles. The fourth-order valence-corrected chi connectivity index (χ4v) is 1.63. The molecule has 16 heavy (non-hydrogen) atoms. The number of benzene rings is 1. The highest BCUT2D eigenvalue weighted by molar-refractivity contribution is 5.33. The van der Waals surface area contributed by atoms with Crippen LogP contribution in [0.5, 0.6) is 5.75 Å². The van der Waals surface area contributed by atoms with Gasteiger partial charge < -0.3 is 14.6 Å². The van der Waals surface area contributed by atoms with Crippen molar-refractivity contribution in [2.45, 2.75) is 25.4 Å². The Bertz CT molecular complexity index is 321. The van der Waals surface area contributed by atoms with Crippen LogP contribution in [0.3, 0.4) is 0 Å².